The highest BCUT2D eigenvalue weighted by atomic mass is 35.5. The maximum Gasteiger partial charge on any atom is 0.220 e. The lowest BCUT2D eigenvalue weighted by Gasteiger charge is -2.28. The average Bonchev–Trinajstić information content (AvgIpc) is 3.17. The van der Waals surface area contributed by atoms with E-state index in [-0.39, 0.29) is 24.4 Å². The predicted octanol–water partition coefficient (Wildman–Crippen LogP) is 3.50. The number of hydrogen-bond acceptors (Lipinski definition) is 3. The van der Waals surface area contributed by atoms with Gasteiger partial charge in [-0.15, -0.1) is 12.4 Å². The Morgan fingerprint density at radius 2 is 2.00 bits per heavy atom. The van der Waals surface area contributed by atoms with Gasteiger partial charge in [-0.3, -0.25) is 4.79 Å². The van der Waals surface area contributed by atoms with Gasteiger partial charge >= 0.3 is 0 Å². The summed E-state index contributed by atoms with van der Waals surface area (Å²) in [5.74, 6) is 1.21. The first-order valence-electron chi connectivity index (χ1n) is 9.24. The molecular formula is C20H29ClN4O. The van der Waals surface area contributed by atoms with Gasteiger partial charge in [0.05, 0.1) is 11.7 Å². The molecule has 2 heterocycles. The Kier molecular flexibility index (Phi) is 7.66. The van der Waals surface area contributed by atoms with E-state index < -0.39 is 0 Å². The van der Waals surface area contributed by atoms with E-state index in [0.29, 0.717) is 18.3 Å². The number of halogens is 1. The van der Waals surface area contributed by atoms with E-state index in [1.807, 2.05) is 42.1 Å². The molecule has 0 aliphatic carbocycles. The molecule has 1 amide bonds. The number of amides is 1. The van der Waals surface area contributed by atoms with Gasteiger partial charge in [0.25, 0.3) is 0 Å². The van der Waals surface area contributed by atoms with Gasteiger partial charge in [0, 0.05) is 18.8 Å². The molecule has 6 heteroatoms. The van der Waals surface area contributed by atoms with Gasteiger partial charge in [0.2, 0.25) is 5.91 Å². The van der Waals surface area contributed by atoms with Crippen LogP contribution in [0, 0.1) is 11.8 Å². The smallest absolute Gasteiger partial charge is 0.220 e. The summed E-state index contributed by atoms with van der Waals surface area (Å²) in [5, 5.41) is 10.9. The second-order valence-electron chi connectivity index (χ2n) is 7.07. The molecule has 1 saturated heterocycles. The van der Waals surface area contributed by atoms with Crippen molar-refractivity contribution >= 4 is 18.3 Å². The van der Waals surface area contributed by atoms with Crippen molar-refractivity contribution in [3.63, 3.8) is 0 Å². The molecule has 2 aromatic rings. The van der Waals surface area contributed by atoms with Gasteiger partial charge in [0.1, 0.15) is 0 Å². The second-order valence-corrected chi connectivity index (χ2v) is 7.07. The first kappa shape index (κ1) is 20.5. The molecule has 0 bridgehead atoms. The number of nitrogens with zero attached hydrogens (tertiary/aromatic N) is 2. The minimum atomic E-state index is -0.0480. The Morgan fingerprint density at radius 1 is 1.27 bits per heavy atom. The van der Waals surface area contributed by atoms with Gasteiger partial charge in [-0.2, -0.15) is 5.10 Å². The van der Waals surface area contributed by atoms with Crippen LogP contribution in [0.4, 0.5) is 0 Å². The molecule has 3 rings (SSSR count). The Balaban J connectivity index is 0.00000243. The van der Waals surface area contributed by atoms with E-state index in [9.17, 15) is 4.79 Å². The molecule has 1 fully saturated rings. The number of carbonyl (C=O) groups is 1. The highest BCUT2D eigenvalue weighted by Crippen LogP contribution is 2.25. The Bertz CT molecular complexity index is 683. The summed E-state index contributed by atoms with van der Waals surface area (Å²) >= 11 is 0. The van der Waals surface area contributed by atoms with Gasteiger partial charge in [0.15, 0.2) is 0 Å². The molecule has 0 spiro atoms. The zero-order chi connectivity index (χ0) is 17.6. The molecule has 2 N–H and O–H groups in total. The molecule has 1 aromatic carbocycles. The summed E-state index contributed by atoms with van der Waals surface area (Å²) in [6.45, 7) is 6.39. The van der Waals surface area contributed by atoms with Gasteiger partial charge in [-0.05, 0) is 62.4 Å². The average molecular weight is 377 g/mol. The number of aromatic nitrogens is 2. The monoisotopic (exact) mass is 376 g/mol. The van der Waals surface area contributed by atoms with Crippen LogP contribution in [0.1, 0.15) is 44.7 Å². The zero-order valence-electron chi connectivity index (χ0n) is 15.5. The van der Waals surface area contributed by atoms with E-state index in [4.69, 9.17) is 0 Å². The number of rotatable bonds is 6. The number of benzene rings is 1. The lowest BCUT2D eigenvalue weighted by molar-refractivity contribution is -0.123. The zero-order valence-corrected chi connectivity index (χ0v) is 16.3. The molecule has 1 aliphatic heterocycles. The molecule has 142 valence electrons. The Labute approximate surface area is 162 Å². The van der Waals surface area contributed by atoms with Crippen molar-refractivity contribution in [2.75, 3.05) is 13.1 Å². The third kappa shape index (κ3) is 5.08. The summed E-state index contributed by atoms with van der Waals surface area (Å²) < 4.78 is 1.84. The molecule has 5 nitrogen and oxygen atoms in total. The number of para-hydroxylation sites is 1. The minimum Gasteiger partial charge on any atom is -0.349 e. The molecule has 26 heavy (non-hydrogen) atoms. The molecule has 0 saturated carbocycles. The van der Waals surface area contributed by atoms with Crippen LogP contribution in [0.3, 0.4) is 0 Å². The lowest BCUT2D eigenvalue weighted by Crippen LogP contribution is -2.34. The summed E-state index contributed by atoms with van der Waals surface area (Å²) in [6.07, 6.45) is 6.63. The van der Waals surface area contributed by atoms with Crippen LogP contribution in [0.2, 0.25) is 0 Å². The number of nitrogens with one attached hydrogen (secondary N) is 2. The van der Waals surface area contributed by atoms with E-state index in [2.05, 4.69) is 28.7 Å². The van der Waals surface area contributed by atoms with Crippen molar-refractivity contribution in [2.24, 2.45) is 11.8 Å². The van der Waals surface area contributed by atoms with Crippen LogP contribution in [0.5, 0.6) is 0 Å². The second kappa shape index (κ2) is 9.74. The maximum absolute atomic E-state index is 12.5. The van der Waals surface area contributed by atoms with Crippen LogP contribution in [0.15, 0.2) is 42.7 Å². The van der Waals surface area contributed by atoms with Crippen LogP contribution in [-0.2, 0) is 4.79 Å². The quantitative estimate of drug-likeness (QED) is 0.811. The van der Waals surface area contributed by atoms with Crippen LogP contribution in [0.25, 0.3) is 5.69 Å². The van der Waals surface area contributed by atoms with E-state index in [1.54, 1.807) is 6.20 Å². The fourth-order valence-corrected chi connectivity index (χ4v) is 3.72. The maximum atomic E-state index is 12.5. The molecule has 2 atom stereocenters. The lowest BCUT2D eigenvalue weighted by atomic mass is 9.84. The summed E-state index contributed by atoms with van der Waals surface area (Å²) in [5.41, 5.74) is 2.08. The molecule has 1 aromatic heterocycles. The van der Waals surface area contributed by atoms with Crippen LogP contribution < -0.4 is 10.6 Å². The number of carbonyl (C=O) groups excluding carboxylic acids is 1. The molecule has 1 aliphatic rings. The highest BCUT2D eigenvalue weighted by Gasteiger charge is 2.23. The first-order chi connectivity index (χ1) is 12.1. The topological polar surface area (TPSA) is 59.0 Å². The van der Waals surface area contributed by atoms with Crippen LogP contribution in [-0.4, -0.2) is 28.8 Å². The van der Waals surface area contributed by atoms with Crippen molar-refractivity contribution in [1.29, 1.82) is 0 Å². The largest absolute Gasteiger partial charge is 0.349 e. The molecule has 0 radical (unpaired) electrons. The SMILES string of the molecule is CC(NC(=O)CC(C)C1CCNCC1)c1ccccc1-n1cccn1.Cl. The normalized spacial score (nSPS) is 17.2. The first-order valence-corrected chi connectivity index (χ1v) is 9.24. The number of hydrogen-bond donors (Lipinski definition) is 2. The number of piperidine rings is 1. The molecule has 2 unspecified atom stereocenters. The summed E-state index contributed by atoms with van der Waals surface area (Å²) in [4.78, 5) is 12.5. The Morgan fingerprint density at radius 3 is 2.69 bits per heavy atom. The highest BCUT2D eigenvalue weighted by molar-refractivity contribution is 5.85. The van der Waals surface area contributed by atoms with Crippen molar-refractivity contribution in [3.8, 4) is 5.69 Å². The van der Waals surface area contributed by atoms with E-state index in [0.717, 1.165) is 24.3 Å². The molecular weight excluding hydrogens is 348 g/mol. The third-order valence-corrected chi connectivity index (χ3v) is 5.23. The Hall–Kier alpha value is -1.85. The van der Waals surface area contributed by atoms with Gasteiger partial charge in [-0.1, -0.05) is 25.1 Å². The van der Waals surface area contributed by atoms with E-state index in [1.165, 1.54) is 12.8 Å². The fraction of sp³-hybridized carbons (Fsp3) is 0.500. The van der Waals surface area contributed by atoms with Crippen LogP contribution >= 0.6 is 12.4 Å². The van der Waals surface area contributed by atoms with E-state index >= 15 is 0 Å². The van der Waals surface area contributed by atoms with Crippen molar-refractivity contribution in [1.82, 2.24) is 20.4 Å². The van der Waals surface area contributed by atoms with Gasteiger partial charge in [-0.25, -0.2) is 4.68 Å². The van der Waals surface area contributed by atoms with Gasteiger partial charge < -0.3 is 10.6 Å². The minimum absolute atomic E-state index is 0. The third-order valence-electron chi connectivity index (χ3n) is 5.23. The fourth-order valence-electron chi connectivity index (χ4n) is 3.72. The van der Waals surface area contributed by atoms with Crippen molar-refractivity contribution in [2.45, 2.75) is 39.2 Å². The van der Waals surface area contributed by atoms with Crippen molar-refractivity contribution in [3.05, 3.63) is 48.3 Å². The van der Waals surface area contributed by atoms with Crippen molar-refractivity contribution < 1.29 is 4.79 Å². The predicted molar refractivity (Wildman–Crippen MR) is 107 cm³/mol. The standard InChI is InChI=1S/C20H28N4O.ClH/c1-15(17-8-11-21-12-9-17)14-20(25)23-16(2)18-6-3-4-7-19(18)24-13-5-10-22-24;/h3-7,10,13,15-17,21H,8-9,11-12,14H2,1-2H3,(H,23,25);1H. The summed E-state index contributed by atoms with van der Waals surface area (Å²) in [7, 11) is 0. The summed E-state index contributed by atoms with van der Waals surface area (Å²) in [6, 6.07) is 9.94.